The topological polar surface area (TPSA) is 119 Å². The Kier molecular flexibility index (Phi) is 7.59. The number of alkyl halides is 2. The lowest BCUT2D eigenvalue weighted by molar-refractivity contribution is -0.757. The zero-order valence-electron chi connectivity index (χ0n) is 17.3. The molecule has 0 amide bonds. The van der Waals surface area contributed by atoms with E-state index >= 15 is 0 Å². The van der Waals surface area contributed by atoms with Gasteiger partial charge in [-0.1, -0.05) is 23.8 Å². The van der Waals surface area contributed by atoms with Crippen molar-refractivity contribution >= 4 is 5.97 Å². The Hall–Kier alpha value is -3.17. The maximum atomic E-state index is 14.5. The van der Waals surface area contributed by atoms with Gasteiger partial charge in [-0.05, 0) is 44.7 Å². The number of carbonyl (C=O) groups is 1. The molecule has 2 atom stereocenters. The second-order valence-electron chi connectivity index (χ2n) is 7.58. The second-order valence-corrected chi connectivity index (χ2v) is 7.58. The highest BCUT2D eigenvalue weighted by atomic mass is 19.3. The molecule has 0 unspecified atom stereocenters. The molecule has 0 saturated carbocycles. The number of rotatable bonds is 9. The van der Waals surface area contributed by atoms with E-state index in [-0.39, 0.29) is 17.9 Å². The number of nitrogens with zero attached hydrogens (tertiary/aromatic N) is 1. The smallest absolute Gasteiger partial charge is 0.381 e. The monoisotopic (exact) mass is 441 g/mol. The molecule has 8 nitrogen and oxygen atoms in total. The lowest BCUT2D eigenvalue weighted by atomic mass is 9.73. The fraction of sp³-hybridized carbons (Fsp3) is 0.476. The Bertz CT molecular complexity index is 875. The first-order valence-corrected chi connectivity index (χ1v) is 9.66. The summed E-state index contributed by atoms with van der Waals surface area (Å²) in [5.74, 6) is -7.72. The summed E-state index contributed by atoms with van der Waals surface area (Å²) in [5.41, 5.74) is 1.05. The molecule has 0 aromatic heterocycles. The van der Waals surface area contributed by atoms with Crippen LogP contribution in [0, 0.1) is 16.0 Å². The molecule has 1 aliphatic carbocycles. The summed E-state index contributed by atoms with van der Waals surface area (Å²) >= 11 is 0. The largest absolute Gasteiger partial charge is 0.507 e. The number of hydrogen-bond donors (Lipinski definition) is 2. The number of phenolic OH excluding ortho intramolecular Hbond substituents is 2. The third-order valence-electron chi connectivity index (χ3n) is 5.19. The zero-order valence-corrected chi connectivity index (χ0v) is 17.3. The molecule has 2 N–H and O–H groups in total. The van der Waals surface area contributed by atoms with Gasteiger partial charge in [0.1, 0.15) is 11.5 Å². The highest BCUT2D eigenvalue weighted by molar-refractivity contribution is 5.80. The van der Waals surface area contributed by atoms with Gasteiger partial charge in [0.25, 0.3) is 5.09 Å². The minimum atomic E-state index is -4.15. The number of phenols is 2. The number of benzene rings is 1. The van der Waals surface area contributed by atoms with Crippen molar-refractivity contribution in [2.24, 2.45) is 5.92 Å². The molecule has 0 fully saturated rings. The Morgan fingerprint density at radius 3 is 2.48 bits per heavy atom. The highest BCUT2D eigenvalue weighted by Crippen LogP contribution is 2.47. The van der Waals surface area contributed by atoms with E-state index in [1.165, 1.54) is 0 Å². The van der Waals surface area contributed by atoms with Crippen molar-refractivity contribution in [1.82, 2.24) is 0 Å². The molecule has 0 heterocycles. The van der Waals surface area contributed by atoms with E-state index in [1.54, 1.807) is 0 Å². The summed E-state index contributed by atoms with van der Waals surface area (Å²) in [6.45, 7) is 6.75. The van der Waals surface area contributed by atoms with E-state index in [2.05, 4.69) is 16.2 Å². The van der Waals surface area contributed by atoms with Crippen molar-refractivity contribution < 1.29 is 38.4 Å². The normalized spacial score (nSPS) is 18.8. The number of halogens is 2. The SMILES string of the molecule is C=C(C)[C@@H]1CCC(C)=C[C@H]1c1c(O)cc(C(F)(F)C(=O)OCCCO[N+](=O)[O-])cc1O. The van der Waals surface area contributed by atoms with Crippen molar-refractivity contribution in [3.63, 3.8) is 0 Å². The summed E-state index contributed by atoms with van der Waals surface area (Å²) in [6, 6.07) is 1.47. The van der Waals surface area contributed by atoms with Crippen LogP contribution < -0.4 is 0 Å². The Morgan fingerprint density at radius 2 is 1.94 bits per heavy atom. The molecule has 31 heavy (non-hydrogen) atoms. The van der Waals surface area contributed by atoms with Crippen LogP contribution in [0.2, 0.25) is 0 Å². The standard InChI is InChI=1S/C21H25F2NO7/c1-12(2)15-6-5-13(3)9-16(15)19-17(25)10-14(11-18(19)26)21(22,23)20(27)30-7-4-8-31-24(28)29/h9-11,15-16,25-26H,1,4-8H2,2-3H3/t15-,16+/m0/s1. The maximum absolute atomic E-state index is 14.5. The van der Waals surface area contributed by atoms with Gasteiger partial charge in [-0.25, -0.2) is 4.79 Å². The van der Waals surface area contributed by atoms with Crippen molar-refractivity contribution in [1.29, 1.82) is 0 Å². The van der Waals surface area contributed by atoms with Gasteiger partial charge in [0.05, 0.1) is 13.2 Å². The van der Waals surface area contributed by atoms with Crippen LogP contribution >= 0.6 is 0 Å². The van der Waals surface area contributed by atoms with E-state index in [9.17, 15) is 33.9 Å². The van der Waals surface area contributed by atoms with Crippen molar-refractivity contribution in [2.45, 2.75) is 45.0 Å². The van der Waals surface area contributed by atoms with Crippen LogP contribution in [0.5, 0.6) is 11.5 Å². The molecule has 0 radical (unpaired) electrons. The van der Waals surface area contributed by atoms with E-state index in [1.807, 2.05) is 19.9 Å². The number of esters is 1. The summed E-state index contributed by atoms with van der Waals surface area (Å²) in [4.78, 5) is 25.8. The molecule has 1 aromatic carbocycles. The van der Waals surface area contributed by atoms with E-state index in [0.717, 1.165) is 36.1 Å². The molecule has 1 aliphatic rings. The zero-order chi connectivity index (χ0) is 23.3. The van der Waals surface area contributed by atoms with Gasteiger partial charge < -0.3 is 19.8 Å². The molecule has 2 rings (SSSR count). The third-order valence-corrected chi connectivity index (χ3v) is 5.19. The Labute approximate surface area is 177 Å². The number of ether oxygens (including phenoxy) is 1. The molecular formula is C21H25F2NO7. The fourth-order valence-electron chi connectivity index (χ4n) is 3.62. The Morgan fingerprint density at radius 1 is 1.32 bits per heavy atom. The van der Waals surface area contributed by atoms with Crippen LogP contribution in [-0.4, -0.2) is 34.5 Å². The maximum Gasteiger partial charge on any atom is 0.381 e. The van der Waals surface area contributed by atoms with Gasteiger partial charge in [0.2, 0.25) is 0 Å². The predicted molar refractivity (Wildman–Crippen MR) is 106 cm³/mol. The van der Waals surface area contributed by atoms with Crippen LogP contribution in [0.25, 0.3) is 0 Å². The fourth-order valence-corrected chi connectivity index (χ4v) is 3.62. The summed E-state index contributed by atoms with van der Waals surface area (Å²) < 4.78 is 33.5. The number of carbonyl (C=O) groups excluding carboxylic acids is 1. The lowest BCUT2D eigenvalue weighted by Crippen LogP contribution is -2.29. The van der Waals surface area contributed by atoms with E-state index in [4.69, 9.17) is 0 Å². The minimum absolute atomic E-state index is 0.0850. The van der Waals surface area contributed by atoms with E-state index in [0.29, 0.717) is 0 Å². The number of aromatic hydroxyl groups is 2. The van der Waals surface area contributed by atoms with Gasteiger partial charge in [-0.3, -0.25) is 0 Å². The number of allylic oxidation sites excluding steroid dienone is 3. The molecule has 0 bridgehead atoms. The summed E-state index contributed by atoms with van der Waals surface area (Å²) in [6.07, 6.45) is 3.28. The summed E-state index contributed by atoms with van der Waals surface area (Å²) in [7, 11) is 0. The molecule has 0 aliphatic heterocycles. The molecule has 0 saturated heterocycles. The third kappa shape index (κ3) is 5.71. The quantitative estimate of drug-likeness (QED) is 0.192. The number of hydrogen-bond acceptors (Lipinski definition) is 7. The minimum Gasteiger partial charge on any atom is -0.507 e. The van der Waals surface area contributed by atoms with Crippen molar-refractivity contribution in [3.8, 4) is 11.5 Å². The van der Waals surface area contributed by atoms with Crippen LogP contribution in [0.4, 0.5) is 8.78 Å². The average molecular weight is 441 g/mol. The molecule has 170 valence electrons. The Balaban J connectivity index is 2.23. The second kappa shape index (κ2) is 9.76. The average Bonchev–Trinajstić information content (AvgIpc) is 2.66. The summed E-state index contributed by atoms with van der Waals surface area (Å²) in [5, 5.41) is 29.9. The van der Waals surface area contributed by atoms with Crippen LogP contribution in [0.15, 0.2) is 35.9 Å². The van der Waals surface area contributed by atoms with Crippen LogP contribution in [-0.2, 0) is 20.3 Å². The van der Waals surface area contributed by atoms with Gasteiger partial charge in [0, 0.05) is 23.5 Å². The first-order chi connectivity index (χ1) is 14.4. The molecule has 0 spiro atoms. The highest BCUT2D eigenvalue weighted by Gasteiger charge is 2.44. The molecular weight excluding hydrogens is 416 g/mol. The van der Waals surface area contributed by atoms with Crippen molar-refractivity contribution in [3.05, 3.63) is 57.2 Å². The van der Waals surface area contributed by atoms with Gasteiger partial charge in [-0.15, -0.1) is 10.1 Å². The predicted octanol–water partition coefficient (Wildman–Crippen LogP) is 4.35. The van der Waals surface area contributed by atoms with E-state index < -0.39 is 53.2 Å². The first kappa shape index (κ1) is 24.1. The lowest BCUT2D eigenvalue weighted by Gasteiger charge is -2.31. The molecule has 1 aromatic rings. The van der Waals surface area contributed by atoms with Crippen LogP contribution in [0.3, 0.4) is 0 Å². The first-order valence-electron chi connectivity index (χ1n) is 9.66. The van der Waals surface area contributed by atoms with Gasteiger partial charge in [-0.2, -0.15) is 8.78 Å². The van der Waals surface area contributed by atoms with Gasteiger partial charge in [0.15, 0.2) is 0 Å². The van der Waals surface area contributed by atoms with Crippen LogP contribution in [0.1, 0.15) is 50.2 Å². The van der Waals surface area contributed by atoms with Gasteiger partial charge >= 0.3 is 11.9 Å². The molecule has 10 heteroatoms. The van der Waals surface area contributed by atoms with Crippen molar-refractivity contribution in [2.75, 3.05) is 13.2 Å².